The first-order valence-electron chi connectivity index (χ1n) is 7.62. The Morgan fingerprint density at radius 2 is 2.10 bits per heavy atom. The van der Waals surface area contributed by atoms with E-state index in [0.29, 0.717) is 12.5 Å². The molecule has 1 aliphatic heterocycles. The average molecular weight is 291 g/mol. The largest absolute Gasteiger partial charge is 0.370 e. The SMILES string of the molecule is CCNc1ncnc(N2CCCN(C)C(=O)C2)c1C(C)C. The number of anilines is 2. The molecule has 0 aliphatic carbocycles. The lowest BCUT2D eigenvalue weighted by atomic mass is 10.0. The summed E-state index contributed by atoms with van der Waals surface area (Å²) < 4.78 is 0. The van der Waals surface area contributed by atoms with Crippen LogP contribution in [0.5, 0.6) is 0 Å². The van der Waals surface area contributed by atoms with Crippen molar-refractivity contribution in [1.82, 2.24) is 14.9 Å². The van der Waals surface area contributed by atoms with Gasteiger partial charge in [-0.05, 0) is 19.3 Å². The number of carbonyl (C=O) groups excluding carboxylic acids is 1. The van der Waals surface area contributed by atoms with Gasteiger partial charge in [0.1, 0.15) is 18.0 Å². The molecular weight excluding hydrogens is 266 g/mol. The molecule has 6 heteroatoms. The monoisotopic (exact) mass is 291 g/mol. The van der Waals surface area contributed by atoms with Gasteiger partial charge in [0.05, 0.1) is 6.54 Å². The summed E-state index contributed by atoms with van der Waals surface area (Å²) in [6.45, 7) is 9.17. The molecule has 2 heterocycles. The second kappa shape index (κ2) is 6.74. The minimum absolute atomic E-state index is 0.144. The summed E-state index contributed by atoms with van der Waals surface area (Å²) in [5.41, 5.74) is 1.09. The number of aromatic nitrogens is 2. The normalized spacial score (nSPS) is 16.3. The maximum atomic E-state index is 12.1. The Kier molecular flexibility index (Phi) is 4.98. The first kappa shape index (κ1) is 15.5. The van der Waals surface area contributed by atoms with Crippen LogP contribution >= 0.6 is 0 Å². The van der Waals surface area contributed by atoms with Crippen molar-refractivity contribution in [2.45, 2.75) is 33.1 Å². The Hall–Kier alpha value is -1.85. The standard InChI is InChI=1S/C15H25N5O/c1-5-16-14-13(11(2)3)15(18-10-17-14)20-8-6-7-19(4)12(21)9-20/h10-11H,5-9H2,1-4H3,(H,16,17,18). The van der Waals surface area contributed by atoms with E-state index in [9.17, 15) is 4.79 Å². The molecule has 1 aliphatic rings. The molecule has 0 saturated carbocycles. The van der Waals surface area contributed by atoms with Crippen LogP contribution in [0.25, 0.3) is 0 Å². The molecule has 1 N–H and O–H groups in total. The van der Waals surface area contributed by atoms with Crippen molar-refractivity contribution in [1.29, 1.82) is 0 Å². The fraction of sp³-hybridized carbons (Fsp3) is 0.667. The van der Waals surface area contributed by atoms with E-state index < -0.39 is 0 Å². The van der Waals surface area contributed by atoms with E-state index in [-0.39, 0.29) is 5.91 Å². The Morgan fingerprint density at radius 3 is 2.76 bits per heavy atom. The Morgan fingerprint density at radius 1 is 1.33 bits per heavy atom. The van der Waals surface area contributed by atoms with Crippen LogP contribution < -0.4 is 10.2 Å². The predicted molar refractivity (Wildman–Crippen MR) is 84.8 cm³/mol. The van der Waals surface area contributed by atoms with Crippen LogP contribution in [-0.2, 0) is 4.79 Å². The van der Waals surface area contributed by atoms with E-state index in [1.54, 1.807) is 11.2 Å². The fourth-order valence-corrected chi connectivity index (χ4v) is 2.65. The average Bonchev–Trinajstić information content (AvgIpc) is 2.61. The predicted octanol–water partition coefficient (Wildman–Crippen LogP) is 1.70. The van der Waals surface area contributed by atoms with E-state index in [1.807, 2.05) is 7.05 Å². The zero-order valence-electron chi connectivity index (χ0n) is 13.4. The highest BCUT2D eigenvalue weighted by Gasteiger charge is 2.24. The third-order valence-electron chi connectivity index (χ3n) is 3.76. The van der Waals surface area contributed by atoms with E-state index in [1.165, 1.54) is 0 Å². The molecule has 0 unspecified atom stereocenters. The number of hydrogen-bond acceptors (Lipinski definition) is 5. The summed E-state index contributed by atoms with van der Waals surface area (Å²) >= 11 is 0. The topological polar surface area (TPSA) is 61.4 Å². The summed E-state index contributed by atoms with van der Waals surface area (Å²) in [5.74, 6) is 2.21. The van der Waals surface area contributed by atoms with Crippen LogP contribution in [0.15, 0.2) is 6.33 Å². The molecule has 0 radical (unpaired) electrons. The minimum Gasteiger partial charge on any atom is -0.370 e. The lowest BCUT2D eigenvalue weighted by Crippen LogP contribution is -2.35. The minimum atomic E-state index is 0.144. The molecule has 0 bridgehead atoms. The summed E-state index contributed by atoms with van der Waals surface area (Å²) in [6.07, 6.45) is 2.54. The van der Waals surface area contributed by atoms with Gasteiger partial charge in [-0.25, -0.2) is 9.97 Å². The number of rotatable bonds is 4. The van der Waals surface area contributed by atoms with Crippen LogP contribution in [-0.4, -0.2) is 54.0 Å². The van der Waals surface area contributed by atoms with Gasteiger partial charge in [-0.2, -0.15) is 0 Å². The second-order valence-corrected chi connectivity index (χ2v) is 5.73. The highest BCUT2D eigenvalue weighted by molar-refractivity contribution is 5.82. The van der Waals surface area contributed by atoms with E-state index in [0.717, 1.165) is 43.3 Å². The van der Waals surface area contributed by atoms with Crippen LogP contribution in [0.2, 0.25) is 0 Å². The molecule has 6 nitrogen and oxygen atoms in total. The van der Waals surface area contributed by atoms with Crippen molar-refractivity contribution in [2.75, 3.05) is 43.4 Å². The van der Waals surface area contributed by atoms with Gasteiger partial charge in [0.25, 0.3) is 0 Å². The van der Waals surface area contributed by atoms with Gasteiger partial charge in [0, 0.05) is 32.2 Å². The molecule has 0 spiro atoms. The van der Waals surface area contributed by atoms with Gasteiger partial charge in [-0.3, -0.25) is 4.79 Å². The molecule has 0 atom stereocenters. The number of likely N-dealkylation sites (N-methyl/N-ethyl adjacent to an activating group) is 1. The smallest absolute Gasteiger partial charge is 0.241 e. The van der Waals surface area contributed by atoms with Crippen LogP contribution in [0.1, 0.15) is 38.7 Å². The molecule has 21 heavy (non-hydrogen) atoms. The zero-order valence-corrected chi connectivity index (χ0v) is 13.4. The molecule has 1 amide bonds. The van der Waals surface area contributed by atoms with Crippen molar-refractivity contribution >= 4 is 17.5 Å². The molecule has 2 rings (SSSR count). The Labute approximate surface area is 126 Å². The zero-order chi connectivity index (χ0) is 15.4. The second-order valence-electron chi connectivity index (χ2n) is 5.73. The van der Waals surface area contributed by atoms with E-state index in [4.69, 9.17) is 0 Å². The quantitative estimate of drug-likeness (QED) is 0.915. The molecule has 1 fully saturated rings. The van der Waals surface area contributed by atoms with Crippen molar-refractivity contribution in [3.8, 4) is 0 Å². The summed E-state index contributed by atoms with van der Waals surface area (Å²) in [6, 6.07) is 0. The number of hydrogen-bond donors (Lipinski definition) is 1. The number of nitrogens with one attached hydrogen (secondary N) is 1. The molecule has 0 aromatic carbocycles. The summed E-state index contributed by atoms with van der Waals surface area (Å²) in [7, 11) is 1.86. The highest BCUT2D eigenvalue weighted by Crippen LogP contribution is 2.31. The number of amides is 1. The Bertz CT molecular complexity index is 503. The maximum absolute atomic E-state index is 12.1. The molecule has 1 saturated heterocycles. The van der Waals surface area contributed by atoms with Gasteiger partial charge in [0.2, 0.25) is 5.91 Å². The maximum Gasteiger partial charge on any atom is 0.241 e. The summed E-state index contributed by atoms with van der Waals surface area (Å²) in [4.78, 5) is 24.8. The van der Waals surface area contributed by atoms with Crippen molar-refractivity contribution in [3.63, 3.8) is 0 Å². The third kappa shape index (κ3) is 3.43. The first-order valence-corrected chi connectivity index (χ1v) is 7.62. The van der Waals surface area contributed by atoms with Crippen LogP contribution in [0.3, 0.4) is 0 Å². The van der Waals surface area contributed by atoms with Gasteiger partial charge >= 0.3 is 0 Å². The van der Waals surface area contributed by atoms with Gasteiger partial charge < -0.3 is 15.1 Å². The van der Waals surface area contributed by atoms with Crippen LogP contribution in [0, 0.1) is 0 Å². The van der Waals surface area contributed by atoms with Crippen molar-refractivity contribution < 1.29 is 4.79 Å². The first-order chi connectivity index (χ1) is 10.0. The number of carbonyl (C=O) groups is 1. The summed E-state index contributed by atoms with van der Waals surface area (Å²) in [5, 5.41) is 3.30. The lowest BCUT2D eigenvalue weighted by Gasteiger charge is -2.26. The van der Waals surface area contributed by atoms with Gasteiger partial charge in [-0.1, -0.05) is 13.8 Å². The van der Waals surface area contributed by atoms with Crippen LogP contribution in [0.4, 0.5) is 11.6 Å². The fourth-order valence-electron chi connectivity index (χ4n) is 2.65. The molecule has 1 aromatic rings. The lowest BCUT2D eigenvalue weighted by molar-refractivity contribution is -0.127. The molecule has 116 valence electrons. The molecule has 1 aromatic heterocycles. The third-order valence-corrected chi connectivity index (χ3v) is 3.76. The molecular formula is C15H25N5O. The van der Waals surface area contributed by atoms with E-state index in [2.05, 4.69) is 41.0 Å². The number of nitrogens with zero attached hydrogens (tertiary/aromatic N) is 4. The Balaban J connectivity index is 2.38. The van der Waals surface area contributed by atoms with Crippen molar-refractivity contribution in [2.24, 2.45) is 0 Å². The van der Waals surface area contributed by atoms with Crippen molar-refractivity contribution in [3.05, 3.63) is 11.9 Å². The highest BCUT2D eigenvalue weighted by atomic mass is 16.2. The van der Waals surface area contributed by atoms with Gasteiger partial charge in [-0.15, -0.1) is 0 Å². The van der Waals surface area contributed by atoms with Gasteiger partial charge in [0.15, 0.2) is 0 Å². The van der Waals surface area contributed by atoms with E-state index >= 15 is 0 Å².